The summed E-state index contributed by atoms with van der Waals surface area (Å²) < 4.78 is 14.5. The number of carbonyl (C=O) groups excluding carboxylic acids is 1. The van der Waals surface area contributed by atoms with Crippen molar-refractivity contribution in [3.63, 3.8) is 0 Å². The molecule has 2 aromatic heterocycles. The van der Waals surface area contributed by atoms with Crippen LogP contribution in [0.15, 0.2) is 48.7 Å². The molecule has 21 heavy (non-hydrogen) atoms. The molecule has 2 N–H and O–H groups in total. The van der Waals surface area contributed by atoms with Gasteiger partial charge in [0.05, 0.1) is 11.9 Å². The molecule has 0 bridgehead atoms. The van der Waals surface area contributed by atoms with Gasteiger partial charge in [0.2, 0.25) is 5.95 Å². The second kappa shape index (κ2) is 5.24. The third-order valence-corrected chi connectivity index (χ3v) is 3.23. The molecule has 1 aromatic carbocycles. The summed E-state index contributed by atoms with van der Waals surface area (Å²) in [5, 5.41) is 0.994. The van der Waals surface area contributed by atoms with Gasteiger partial charge in [0, 0.05) is 18.0 Å². The Balaban J connectivity index is 1.78. The zero-order chi connectivity index (χ0) is 14.8. The van der Waals surface area contributed by atoms with Crippen LogP contribution in [0.5, 0.6) is 0 Å². The molecule has 6 heteroatoms. The summed E-state index contributed by atoms with van der Waals surface area (Å²) in [7, 11) is 1.83. The lowest BCUT2D eigenvalue weighted by molar-refractivity contribution is 0.0955. The second-order valence-corrected chi connectivity index (χ2v) is 4.60. The summed E-state index contributed by atoms with van der Waals surface area (Å²) in [5.41, 5.74) is 7.27. The number of para-hydroxylation sites is 1. The number of nitrogens with one attached hydrogen (secondary N) is 2. The van der Waals surface area contributed by atoms with Gasteiger partial charge in [-0.05, 0) is 24.3 Å². The van der Waals surface area contributed by atoms with Crippen molar-refractivity contribution < 1.29 is 9.18 Å². The van der Waals surface area contributed by atoms with Gasteiger partial charge in [-0.2, -0.15) is 4.39 Å². The average Bonchev–Trinajstić information content (AvgIpc) is 2.84. The zero-order valence-electron chi connectivity index (χ0n) is 11.3. The van der Waals surface area contributed by atoms with Crippen LogP contribution in [0.4, 0.5) is 10.1 Å². The number of anilines is 1. The summed E-state index contributed by atoms with van der Waals surface area (Å²) in [4.78, 5) is 15.7. The predicted molar refractivity (Wildman–Crippen MR) is 78.2 cm³/mol. The van der Waals surface area contributed by atoms with Crippen molar-refractivity contribution in [3.05, 3.63) is 60.3 Å². The van der Waals surface area contributed by atoms with Crippen LogP contribution in [0.2, 0.25) is 0 Å². The van der Waals surface area contributed by atoms with Gasteiger partial charge < -0.3 is 4.57 Å². The molecule has 2 heterocycles. The minimum atomic E-state index is -0.569. The number of fused-ring (bicyclic) bond motifs is 1. The van der Waals surface area contributed by atoms with Gasteiger partial charge in [-0.25, -0.2) is 4.98 Å². The van der Waals surface area contributed by atoms with E-state index in [-0.39, 0.29) is 5.91 Å². The fourth-order valence-electron chi connectivity index (χ4n) is 2.15. The molecule has 0 radical (unpaired) electrons. The standard InChI is InChI=1S/C15H13FN4O/c1-20-12-5-3-2-4-10(12)8-13(20)15(21)19-18-11-6-7-14(16)17-9-11/h2-9,18H,1H3,(H,19,21). The number of aryl methyl sites for hydroxylation is 1. The van der Waals surface area contributed by atoms with E-state index in [4.69, 9.17) is 0 Å². The van der Waals surface area contributed by atoms with E-state index in [2.05, 4.69) is 15.8 Å². The van der Waals surface area contributed by atoms with Crippen LogP contribution >= 0.6 is 0 Å². The number of hydrogen-bond acceptors (Lipinski definition) is 3. The molecule has 0 aliphatic rings. The van der Waals surface area contributed by atoms with E-state index in [1.807, 2.05) is 41.9 Å². The normalized spacial score (nSPS) is 10.6. The fourth-order valence-corrected chi connectivity index (χ4v) is 2.15. The Morgan fingerprint density at radius 3 is 2.76 bits per heavy atom. The monoisotopic (exact) mass is 284 g/mol. The Kier molecular flexibility index (Phi) is 3.27. The number of pyridine rings is 1. The molecule has 0 spiro atoms. The van der Waals surface area contributed by atoms with Crippen LogP contribution in [0.3, 0.4) is 0 Å². The van der Waals surface area contributed by atoms with Gasteiger partial charge in [0.1, 0.15) is 5.69 Å². The Labute approximate surface area is 120 Å². The quantitative estimate of drug-likeness (QED) is 0.574. The molecular weight excluding hydrogens is 271 g/mol. The molecule has 3 aromatic rings. The molecule has 0 aliphatic carbocycles. The number of aromatic nitrogens is 2. The highest BCUT2D eigenvalue weighted by molar-refractivity contribution is 5.99. The smallest absolute Gasteiger partial charge is 0.286 e. The third-order valence-electron chi connectivity index (χ3n) is 3.23. The highest BCUT2D eigenvalue weighted by Gasteiger charge is 2.12. The van der Waals surface area contributed by atoms with Gasteiger partial charge >= 0.3 is 0 Å². The number of halogens is 1. The van der Waals surface area contributed by atoms with E-state index < -0.39 is 5.95 Å². The number of hydrogen-bond donors (Lipinski definition) is 2. The van der Waals surface area contributed by atoms with E-state index in [9.17, 15) is 9.18 Å². The molecule has 106 valence electrons. The first-order chi connectivity index (χ1) is 10.1. The SMILES string of the molecule is Cn1c(C(=O)NNc2ccc(F)nc2)cc2ccccc21. The maximum absolute atomic E-state index is 12.7. The lowest BCUT2D eigenvalue weighted by atomic mass is 10.2. The van der Waals surface area contributed by atoms with Crippen LogP contribution in [0, 0.1) is 5.95 Å². The van der Waals surface area contributed by atoms with E-state index in [0.717, 1.165) is 10.9 Å². The van der Waals surface area contributed by atoms with E-state index >= 15 is 0 Å². The van der Waals surface area contributed by atoms with Crippen LogP contribution in [-0.4, -0.2) is 15.5 Å². The summed E-state index contributed by atoms with van der Waals surface area (Å²) in [6, 6.07) is 12.3. The number of benzene rings is 1. The lowest BCUT2D eigenvalue weighted by Crippen LogP contribution is -2.30. The van der Waals surface area contributed by atoms with Crippen molar-refractivity contribution in [1.29, 1.82) is 0 Å². The first kappa shape index (κ1) is 13.1. The molecular formula is C15H13FN4O. The van der Waals surface area contributed by atoms with Crippen molar-refractivity contribution in [2.45, 2.75) is 0 Å². The molecule has 3 rings (SSSR count). The van der Waals surface area contributed by atoms with Gasteiger partial charge in [0.25, 0.3) is 5.91 Å². The Hall–Kier alpha value is -2.89. The van der Waals surface area contributed by atoms with Crippen LogP contribution in [0.1, 0.15) is 10.5 Å². The summed E-state index contributed by atoms with van der Waals surface area (Å²) in [5.74, 6) is -0.849. The fraction of sp³-hybridized carbons (Fsp3) is 0.0667. The number of amides is 1. The Morgan fingerprint density at radius 1 is 1.24 bits per heavy atom. The highest BCUT2D eigenvalue weighted by atomic mass is 19.1. The number of hydrazine groups is 1. The van der Waals surface area contributed by atoms with Crippen molar-refractivity contribution in [3.8, 4) is 0 Å². The number of rotatable bonds is 3. The van der Waals surface area contributed by atoms with Crippen molar-refractivity contribution >= 4 is 22.5 Å². The van der Waals surface area contributed by atoms with E-state index in [0.29, 0.717) is 11.4 Å². The lowest BCUT2D eigenvalue weighted by Gasteiger charge is -2.08. The molecule has 0 saturated heterocycles. The number of nitrogens with zero attached hydrogens (tertiary/aromatic N) is 2. The van der Waals surface area contributed by atoms with Crippen molar-refractivity contribution in [2.24, 2.45) is 7.05 Å². The minimum Gasteiger partial charge on any atom is -0.340 e. The molecule has 0 aliphatic heterocycles. The molecule has 0 saturated carbocycles. The van der Waals surface area contributed by atoms with Crippen LogP contribution in [0.25, 0.3) is 10.9 Å². The topological polar surface area (TPSA) is 59.0 Å². The molecule has 0 fully saturated rings. The van der Waals surface area contributed by atoms with Crippen molar-refractivity contribution in [2.75, 3.05) is 5.43 Å². The summed E-state index contributed by atoms with van der Waals surface area (Å²) in [6.45, 7) is 0. The minimum absolute atomic E-state index is 0.280. The average molecular weight is 284 g/mol. The number of carbonyl (C=O) groups is 1. The first-order valence-electron chi connectivity index (χ1n) is 6.37. The van der Waals surface area contributed by atoms with Crippen molar-refractivity contribution in [1.82, 2.24) is 15.0 Å². The third kappa shape index (κ3) is 2.55. The molecule has 0 unspecified atom stereocenters. The molecule has 1 amide bonds. The Bertz CT molecular complexity index is 795. The van der Waals surface area contributed by atoms with Gasteiger partial charge in [-0.1, -0.05) is 18.2 Å². The molecule has 0 atom stereocenters. The highest BCUT2D eigenvalue weighted by Crippen LogP contribution is 2.18. The van der Waals surface area contributed by atoms with Gasteiger partial charge in [0.15, 0.2) is 0 Å². The largest absolute Gasteiger partial charge is 0.340 e. The summed E-state index contributed by atoms with van der Waals surface area (Å²) >= 11 is 0. The van der Waals surface area contributed by atoms with Crippen LogP contribution in [-0.2, 0) is 7.05 Å². The predicted octanol–water partition coefficient (Wildman–Crippen LogP) is 2.47. The van der Waals surface area contributed by atoms with E-state index in [1.165, 1.54) is 18.3 Å². The molecule has 5 nitrogen and oxygen atoms in total. The van der Waals surface area contributed by atoms with Crippen LogP contribution < -0.4 is 10.9 Å². The summed E-state index contributed by atoms with van der Waals surface area (Å²) in [6.07, 6.45) is 1.30. The first-order valence-corrected chi connectivity index (χ1v) is 6.37. The van der Waals surface area contributed by atoms with Gasteiger partial charge in [-0.3, -0.25) is 15.6 Å². The maximum Gasteiger partial charge on any atom is 0.286 e. The zero-order valence-corrected chi connectivity index (χ0v) is 11.3. The maximum atomic E-state index is 12.7. The second-order valence-electron chi connectivity index (χ2n) is 4.60. The van der Waals surface area contributed by atoms with Gasteiger partial charge in [-0.15, -0.1) is 0 Å². The Morgan fingerprint density at radius 2 is 2.05 bits per heavy atom. The van der Waals surface area contributed by atoms with E-state index in [1.54, 1.807) is 0 Å².